The van der Waals surface area contributed by atoms with E-state index in [9.17, 15) is 0 Å². The predicted molar refractivity (Wildman–Crippen MR) is 106 cm³/mol. The molecule has 0 atom stereocenters. The predicted octanol–water partition coefficient (Wildman–Crippen LogP) is 5.90. The maximum absolute atomic E-state index is 6.24. The maximum atomic E-state index is 6.24. The summed E-state index contributed by atoms with van der Waals surface area (Å²) >= 11 is 19.7. The molecule has 1 aromatic heterocycles. The van der Waals surface area contributed by atoms with Gasteiger partial charge < -0.3 is 0 Å². The minimum atomic E-state index is 0.510. The van der Waals surface area contributed by atoms with Gasteiger partial charge in [-0.05, 0) is 35.9 Å². The van der Waals surface area contributed by atoms with Crippen molar-refractivity contribution in [3.63, 3.8) is 0 Å². The molecule has 3 aromatic rings. The molecule has 0 aliphatic rings. The molecule has 0 unspecified atom stereocenters. The van der Waals surface area contributed by atoms with E-state index in [-0.39, 0.29) is 0 Å². The van der Waals surface area contributed by atoms with Crippen molar-refractivity contribution in [3.05, 3.63) is 75.8 Å². The molecule has 3 rings (SSSR count). The number of aromatic nitrogens is 3. The lowest BCUT2D eigenvalue weighted by atomic mass is 10.2. The van der Waals surface area contributed by atoms with Gasteiger partial charge in [-0.15, -0.1) is 11.8 Å². The summed E-state index contributed by atoms with van der Waals surface area (Å²) in [5.74, 6) is 0.760. The largest absolute Gasteiger partial charge is 0.246 e. The van der Waals surface area contributed by atoms with Crippen LogP contribution in [0.15, 0.2) is 60.1 Å². The molecule has 25 heavy (non-hydrogen) atoms. The van der Waals surface area contributed by atoms with E-state index in [0.29, 0.717) is 22.3 Å². The molecule has 8 heteroatoms. The molecule has 0 fully saturated rings. The Morgan fingerprint density at radius 2 is 1.80 bits per heavy atom. The fourth-order valence-electron chi connectivity index (χ4n) is 2.02. The Bertz CT molecular complexity index is 864. The van der Waals surface area contributed by atoms with Crippen LogP contribution in [-0.2, 0) is 12.3 Å². The van der Waals surface area contributed by atoms with Crippen molar-refractivity contribution in [1.29, 1.82) is 0 Å². The monoisotopic (exact) mass is 410 g/mol. The minimum Gasteiger partial charge on any atom is -0.246 e. The van der Waals surface area contributed by atoms with E-state index >= 15 is 0 Å². The summed E-state index contributed by atoms with van der Waals surface area (Å²) in [5, 5.41) is 6.82. The fraction of sp³-hybridized carbons (Fsp3) is 0.118. The van der Waals surface area contributed by atoms with Gasteiger partial charge in [-0.3, -0.25) is 0 Å². The number of thioether (sulfide) groups is 1. The summed E-state index contributed by atoms with van der Waals surface area (Å²) in [4.78, 5) is 8.65. The minimum absolute atomic E-state index is 0.510. The van der Waals surface area contributed by atoms with Gasteiger partial charge in [0.25, 0.3) is 0 Å². The number of rotatable bonds is 5. The van der Waals surface area contributed by atoms with Crippen LogP contribution in [0.2, 0.25) is 15.1 Å². The second-order valence-electron chi connectivity index (χ2n) is 5.11. The molecule has 2 aromatic carbocycles. The summed E-state index contributed by atoms with van der Waals surface area (Å²) in [6, 6.07) is 13.0. The number of halogens is 3. The molecule has 0 aliphatic carbocycles. The van der Waals surface area contributed by atoms with Gasteiger partial charge in [-0.25, -0.2) is 14.7 Å². The number of hydrogen-bond donors (Lipinski definition) is 0. The van der Waals surface area contributed by atoms with Crippen LogP contribution in [0.25, 0.3) is 0 Å². The Hall–Kier alpha value is -1.53. The van der Waals surface area contributed by atoms with E-state index in [2.05, 4.69) is 15.1 Å². The van der Waals surface area contributed by atoms with Crippen molar-refractivity contribution in [3.8, 4) is 0 Å². The molecule has 0 amide bonds. The Labute approximate surface area is 164 Å². The van der Waals surface area contributed by atoms with Gasteiger partial charge in [0.1, 0.15) is 12.7 Å². The Morgan fingerprint density at radius 3 is 2.48 bits per heavy atom. The zero-order valence-corrected chi connectivity index (χ0v) is 16.0. The Kier molecular flexibility index (Phi) is 6.37. The third kappa shape index (κ3) is 5.47. The standard InChI is InChI=1S/C17H13Cl3N4S/c18-13-3-1-12(2-4-13)9-25-17(8-24-11-21-10-22-24)23-16-6-5-14(19)7-15(16)20/h1-7,10-11H,8-9H2/b23-17+. The van der Waals surface area contributed by atoms with E-state index in [1.54, 1.807) is 41.0 Å². The van der Waals surface area contributed by atoms with E-state index in [0.717, 1.165) is 21.4 Å². The van der Waals surface area contributed by atoms with Crippen LogP contribution in [-0.4, -0.2) is 19.8 Å². The van der Waals surface area contributed by atoms with E-state index in [1.807, 2.05) is 24.3 Å². The van der Waals surface area contributed by atoms with Crippen LogP contribution < -0.4 is 0 Å². The maximum Gasteiger partial charge on any atom is 0.137 e. The van der Waals surface area contributed by atoms with Crippen LogP contribution in [0.4, 0.5) is 5.69 Å². The van der Waals surface area contributed by atoms with Gasteiger partial charge in [0.2, 0.25) is 0 Å². The van der Waals surface area contributed by atoms with Crippen LogP contribution in [0, 0.1) is 0 Å². The van der Waals surface area contributed by atoms with E-state index < -0.39 is 0 Å². The second kappa shape index (κ2) is 8.72. The van der Waals surface area contributed by atoms with Gasteiger partial charge in [-0.2, -0.15) is 5.10 Å². The highest BCUT2D eigenvalue weighted by molar-refractivity contribution is 8.13. The van der Waals surface area contributed by atoms with Crippen molar-refractivity contribution >= 4 is 57.3 Å². The lowest BCUT2D eigenvalue weighted by Crippen LogP contribution is -2.08. The Balaban J connectivity index is 1.81. The molecule has 0 saturated heterocycles. The van der Waals surface area contributed by atoms with Crippen LogP contribution >= 0.6 is 46.6 Å². The van der Waals surface area contributed by atoms with Crippen LogP contribution in [0.3, 0.4) is 0 Å². The van der Waals surface area contributed by atoms with Gasteiger partial charge in [-0.1, -0.05) is 46.9 Å². The zero-order valence-electron chi connectivity index (χ0n) is 12.9. The first kappa shape index (κ1) is 18.3. The van der Waals surface area contributed by atoms with Crippen molar-refractivity contribution in [1.82, 2.24) is 14.8 Å². The summed E-state index contributed by atoms with van der Waals surface area (Å²) in [6.07, 6.45) is 3.15. The van der Waals surface area contributed by atoms with Crippen molar-refractivity contribution in [2.45, 2.75) is 12.3 Å². The van der Waals surface area contributed by atoms with Crippen molar-refractivity contribution < 1.29 is 0 Å². The molecule has 0 bridgehead atoms. The molecule has 128 valence electrons. The third-order valence-corrected chi connectivity index (χ3v) is 5.06. The van der Waals surface area contributed by atoms with E-state index in [1.165, 1.54) is 6.33 Å². The first-order valence-electron chi connectivity index (χ1n) is 7.32. The molecular weight excluding hydrogens is 399 g/mol. The highest BCUT2D eigenvalue weighted by Crippen LogP contribution is 2.29. The first-order valence-corrected chi connectivity index (χ1v) is 9.44. The van der Waals surface area contributed by atoms with Gasteiger partial charge in [0.15, 0.2) is 0 Å². The molecule has 4 nitrogen and oxygen atoms in total. The zero-order chi connectivity index (χ0) is 17.6. The summed E-state index contributed by atoms with van der Waals surface area (Å²) in [7, 11) is 0. The fourth-order valence-corrected chi connectivity index (χ4v) is 3.51. The highest BCUT2D eigenvalue weighted by atomic mass is 35.5. The van der Waals surface area contributed by atoms with Crippen LogP contribution in [0.1, 0.15) is 5.56 Å². The molecule has 0 spiro atoms. The third-order valence-electron chi connectivity index (χ3n) is 3.24. The normalized spacial score (nSPS) is 11.7. The second-order valence-corrected chi connectivity index (χ2v) is 7.44. The number of benzene rings is 2. The smallest absolute Gasteiger partial charge is 0.137 e. The van der Waals surface area contributed by atoms with Crippen LogP contribution in [0.5, 0.6) is 0 Å². The molecule has 0 saturated carbocycles. The molecule has 0 N–H and O–H groups in total. The average Bonchev–Trinajstić information content (AvgIpc) is 3.09. The number of aliphatic imine (C=N–C) groups is 1. The SMILES string of the molecule is Clc1ccc(CS/C(Cn2cncn2)=N/c2ccc(Cl)cc2Cl)cc1. The summed E-state index contributed by atoms with van der Waals surface area (Å²) < 4.78 is 1.72. The van der Waals surface area contributed by atoms with E-state index in [4.69, 9.17) is 34.8 Å². The van der Waals surface area contributed by atoms with Crippen molar-refractivity contribution in [2.24, 2.45) is 4.99 Å². The number of hydrogen-bond acceptors (Lipinski definition) is 4. The topological polar surface area (TPSA) is 43.1 Å². The summed E-state index contributed by atoms with van der Waals surface area (Å²) in [5.41, 5.74) is 1.83. The molecular formula is C17H13Cl3N4S. The lowest BCUT2D eigenvalue weighted by molar-refractivity contribution is 0.727. The quantitative estimate of drug-likeness (QED) is 0.387. The van der Waals surface area contributed by atoms with Gasteiger partial charge in [0, 0.05) is 15.8 Å². The average molecular weight is 412 g/mol. The summed E-state index contributed by atoms with van der Waals surface area (Å²) in [6.45, 7) is 0.511. The highest BCUT2D eigenvalue weighted by Gasteiger charge is 2.07. The number of nitrogens with zero attached hydrogens (tertiary/aromatic N) is 4. The molecule has 1 heterocycles. The first-order chi connectivity index (χ1) is 12.1. The Morgan fingerprint density at radius 1 is 1.04 bits per heavy atom. The van der Waals surface area contributed by atoms with Gasteiger partial charge >= 0.3 is 0 Å². The van der Waals surface area contributed by atoms with Gasteiger partial charge in [0.05, 0.1) is 22.3 Å². The van der Waals surface area contributed by atoms with Crippen molar-refractivity contribution in [2.75, 3.05) is 0 Å². The lowest BCUT2D eigenvalue weighted by Gasteiger charge is -2.08. The molecule has 0 radical (unpaired) electrons. The molecule has 0 aliphatic heterocycles.